The van der Waals surface area contributed by atoms with Crippen LogP contribution < -0.4 is 5.32 Å². The largest absolute Gasteiger partial charge is 0.480 e. The van der Waals surface area contributed by atoms with E-state index in [-0.39, 0.29) is 19.1 Å². The second-order valence-electron chi connectivity index (χ2n) is 7.56. The lowest BCUT2D eigenvalue weighted by Gasteiger charge is -2.25. The molecule has 0 spiro atoms. The van der Waals surface area contributed by atoms with Crippen LogP contribution in [-0.4, -0.2) is 53.7 Å². The topological polar surface area (TPSA) is 95.9 Å². The lowest BCUT2D eigenvalue weighted by molar-refractivity contribution is -0.145. The molecule has 0 radical (unpaired) electrons. The van der Waals surface area contributed by atoms with Crippen molar-refractivity contribution in [1.29, 1.82) is 0 Å². The Morgan fingerprint density at radius 1 is 1.03 bits per heavy atom. The number of carbonyl (C=O) groups is 3. The number of rotatable bonds is 9. The van der Waals surface area contributed by atoms with Crippen molar-refractivity contribution in [3.63, 3.8) is 0 Å². The Morgan fingerprint density at radius 3 is 2.13 bits per heavy atom. The van der Waals surface area contributed by atoms with Gasteiger partial charge < -0.3 is 20.1 Å². The molecule has 0 saturated carbocycles. The van der Waals surface area contributed by atoms with Crippen molar-refractivity contribution < 1.29 is 24.2 Å². The van der Waals surface area contributed by atoms with Crippen molar-refractivity contribution in [2.75, 3.05) is 19.7 Å². The number of hydrogen-bond acceptors (Lipinski definition) is 4. The van der Waals surface area contributed by atoms with Crippen LogP contribution in [-0.2, 0) is 14.3 Å². The van der Waals surface area contributed by atoms with Crippen LogP contribution in [0.25, 0.3) is 11.1 Å². The van der Waals surface area contributed by atoms with Gasteiger partial charge in [-0.25, -0.2) is 4.79 Å². The van der Waals surface area contributed by atoms with Gasteiger partial charge in [0.2, 0.25) is 5.91 Å². The molecule has 0 bridgehead atoms. The van der Waals surface area contributed by atoms with Gasteiger partial charge in [-0.05, 0) is 35.6 Å². The van der Waals surface area contributed by atoms with Crippen LogP contribution in [0.3, 0.4) is 0 Å². The summed E-state index contributed by atoms with van der Waals surface area (Å²) in [4.78, 5) is 37.5. The first-order valence-electron chi connectivity index (χ1n) is 10.6. The fraction of sp³-hybridized carbons (Fsp3) is 0.375. The molecule has 2 aromatic rings. The van der Waals surface area contributed by atoms with Crippen molar-refractivity contribution in [2.24, 2.45) is 0 Å². The van der Waals surface area contributed by atoms with Gasteiger partial charge >= 0.3 is 12.1 Å². The van der Waals surface area contributed by atoms with E-state index in [1.807, 2.05) is 43.3 Å². The van der Waals surface area contributed by atoms with Crippen LogP contribution in [0, 0.1) is 0 Å². The summed E-state index contributed by atoms with van der Waals surface area (Å²) in [5.74, 6) is -1.58. The van der Waals surface area contributed by atoms with Crippen molar-refractivity contribution in [3.8, 4) is 11.1 Å². The first-order valence-corrected chi connectivity index (χ1v) is 10.6. The molecule has 3 rings (SSSR count). The molecule has 0 aliphatic heterocycles. The highest BCUT2D eigenvalue weighted by atomic mass is 16.5. The number of amides is 2. The monoisotopic (exact) mass is 424 g/mol. The molecule has 7 nitrogen and oxygen atoms in total. The molecule has 0 fully saturated rings. The first kappa shape index (κ1) is 22.3. The normalized spacial score (nSPS) is 13.1. The summed E-state index contributed by atoms with van der Waals surface area (Å²) < 4.78 is 5.52. The molecule has 1 aliphatic carbocycles. The molecule has 31 heavy (non-hydrogen) atoms. The van der Waals surface area contributed by atoms with E-state index in [1.54, 1.807) is 6.92 Å². The number of likely N-dealkylation sites (N-methyl/N-ethyl adjacent to an activating group) is 1. The van der Waals surface area contributed by atoms with Crippen molar-refractivity contribution >= 4 is 18.0 Å². The number of hydrogen-bond donors (Lipinski definition) is 2. The van der Waals surface area contributed by atoms with E-state index >= 15 is 0 Å². The lowest BCUT2D eigenvalue weighted by Crippen LogP contribution is -2.50. The SMILES string of the molecule is CCCC(NC(=O)OCC1c2ccccc2-c2ccccc21)C(=O)N(CC)CC(=O)O. The predicted octanol–water partition coefficient (Wildman–Crippen LogP) is 3.63. The molecule has 7 heteroatoms. The molecule has 1 unspecified atom stereocenters. The Kier molecular flexibility index (Phi) is 7.28. The smallest absolute Gasteiger partial charge is 0.407 e. The van der Waals surface area contributed by atoms with Gasteiger partial charge in [-0.15, -0.1) is 0 Å². The summed E-state index contributed by atoms with van der Waals surface area (Å²) in [5, 5.41) is 11.6. The van der Waals surface area contributed by atoms with Crippen LogP contribution in [0.4, 0.5) is 4.79 Å². The molecular formula is C24H28N2O5. The van der Waals surface area contributed by atoms with Crippen molar-refractivity contribution in [3.05, 3.63) is 59.7 Å². The van der Waals surface area contributed by atoms with E-state index in [2.05, 4.69) is 17.4 Å². The third-order valence-corrected chi connectivity index (χ3v) is 5.53. The zero-order valence-corrected chi connectivity index (χ0v) is 17.8. The molecule has 0 heterocycles. The van der Waals surface area contributed by atoms with Crippen LogP contribution in [0.15, 0.2) is 48.5 Å². The molecule has 2 aromatic carbocycles. The fourth-order valence-electron chi connectivity index (χ4n) is 4.06. The van der Waals surface area contributed by atoms with Gasteiger partial charge in [0.1, 0.15) is 19.2 Å². The van der Waals surface area contributed by atoms with Gasteiger partial charge in [-0.1, -0.05) is 61.9 Å². The number of ether oxygens (including phenoxy) is 1. The van der Waals surface area contributed by atoms with E-state index < -0.39 is 30.6 Å². The minimum Gasteiger partial charge on any atom is -0.480 e. The Morgan fingerprint density at radius 2 is 1.61 bits per heavy atom. The summed E-state index contributed by atoms with van der Waals surface area (Å²) >= 11 is 0. The number of nitrogens with zero attached hydrogens (tertiary/aromatic N) is 1. The maximum Gasteiger partial charge on any atom is 0.407 e. The quantitative estimate of drug-likeness (QED) is 0.641. The van der Waals surface area contributed by atoms with E-state index in [1.165, 1.54) is 4.90 Å². The van der Waals surface area contributed by atoms with Gasteiger partial charge in [0.25, 0.3) is 0 Å². The minimum atomic E-state index is -1.09. The summed E-state index contributed by atoms with van der Waals surface area (Å²) in [6, 6.07) is 15.3. The summed E-state index contributed by atoms with van der Waals surface area (Å²) in [6.45, 7) is 3.60. The average molecular weight is 424 g/mol. The second kappa shape index (κ2) is 10.1. The van der Waals surface area contributed by atoms with Crippen LogP contribution in [0.1, 0.15) is 43.7 Å². The zero-order chi connectivity index (χ0) is 22.4. The number of carboxylic acid groups (broad SMARTS) is 1. The highest BCUT2D eigenvalue weighted by Gasteiger charge is 2.30. The van der Waals surface area contributed by atoms with Crippen LogP contribution in [0.5, 0.6) is 0 Å². The van der Waals surface area contributed by atoms with E-state index in [0.29, 0.717) is 12.8 Å². The van der Waals surface area contributed by atoms with Crippen molar-refractivity contribution in [2.45, 2.75) is 38.6 Å². The molecule has 0 aromatic heterocycles. The van der Waals surface area contributed by atoms with Gasteiger partial charge in [0.15, 0.2) is 0 Å². The highest BCUT2D eigenvalue weighted by molar-refractivity contribution is 5.88. The van der Waals surface area contributed by atoms with Crippen LogP contribution in [0.2, 0.25) is 0 Å². The van der Waals surface area contributed by atoms with Crippen LogP contribution >= 0.6 is 0 Å². The number of alkyl carbamates (subject to hydrolysis) is 1. The zero-order valence-electron chi connectivity index (χ0n) is 17.8. The Hall–Kier alpha value is -3.35. The molecule has 1 atom stereocenters. The highest BCUT2D eigenvalue weighted by Crippen LogP contribution is 2.44. The number of aliphatic carboxylic acids is 1. The Bertz CT molecular complexity index is 913. The molecule has 2 amide bonds. The maximum absolute atomic E-state index is 12.7. The maximum atomic E-state index is 12.7. The minimum absolute atomic E-state index is 0.0716. The number of carboxylic acids is 1. The Labute approximate surface area is 182 Å². The average Bonchev–Trinajstić information content (AvgIpc) is 3.09. The number of fused-ring (bicyclic) bond motifs is 3. The van der Waals surface area contributed by atoms with E-state index in [9.17, 15) is 14.4 Å². The molecule has 1 aliphatic rings. The van der Waals surface area contributed by atoms with Gasteiger partial charge in [0, 0.05) is 12.5 Å². The molecule has 164 valence electrons. The van der Waals surface area contributed by atoms with Gasteiger partial charge in [-0.2, -0.15) is 0 Å². The standard InChI is InChI=1S/C24H28N2O5/c1-3-9-21(23(29)26(4-2)14-22(27)28)25-24(30)31-15-20-18-12-7-5-10-16(18)17-11-6-8-13-19(17)20/h5-8,10-13,20-21H,3-4,9,14-15H2,1-2H3,(H,25,30)(H,27,28). The number of nitrogens with one attached hydrogen (secondary N) is 1. The molecule has 2 N–H and O–H groups in total. The summed E-state index contributed by atoms with van der Waals surface area (Å²) in [6.07, 6.45) is 0.379. The fourth-order valence-corrected chi connectivity index (χ4v) is 4.06. The van der Waals surface area contributed by atoms with E-state index in [4.69, 9.17) is 9.84 Å². The van der Waals surface area contributed by atoms with Gasteiger partial charge in [-0.3, -0.25) is 9.59 Å². The van der Waals surface area contributed by atoms with E-state index in [0.717, 1.165) is 22.3 Å². The first-order chi connectivity index (χ1) is 15.0. The van der Waals surface area contributed by atoms with Crippen molar-refractivity contribution in [1.82, 2.24) is 10.2 Å². The molecular weight excluding hydrogens is 396 g/mol. The third-order valence-electron chi connectivity index (χ3n) is 5.53. The Balaban J connectivity index is 1.67. The lowest BCUT2D eigenvalue weighted by atomic mass is 9.98. The second-order valence-corrected chi connectivity index (χ2v) is 7.56. The third kappa shape index (κ3) is 5.05. The summed E-state index contributed by atoms with van der Waals surface area (Å²) in [5.41, 5.74) is 4.49. The molecule has 0 saturated heterocycles. The summed E-state index contributed by atoms with van der Waals surface area (Å²) in [7, 11) is 0. The number of carbonyl (C=O) groups excluding carboxylic acids is 2. The predicted molar refractivity (Wildman–Crippen MR) is 117 cm³/mol. The van der Waals surface area contributed by atoms with Gasteiger partial charge in [0.05, 0.1) is 0 Å². The number of benzene rings is 2.